The predicted molar refractivity (Wildman–Crippen MR) is 58.0 cm³/mol. The summed E-state index contributed by atoms with van der Waals surface area (Å²) in [5, 5.41) is 8.80. The molecule has 0 unspecified atom stereocenters. The van der Waals surface area contributed by atoms with Gasteiger partial charge in [-0.25, -0.2) is 4.98 Å². The largest absolute Gasteiger partial charge is 0.395 e. The molecule has 1 aromatic heterocycles. The molecule has 0 saturated heterocycles. The van der Waals surface area contributed by atoms with Gasteiger partial charge in [-0.15, -0.1) is 6.58 Å². The number of aromatic nitrogens is 2. The molecule has 1 aromatic rings. The monoisotopic (exact) mass is 223 g/mol. The molecule has 0 radical (unpaired) electrons. The maximum atomic E-state index is 11.8. The Kier molecular flexibility index (Phi) is 4.41. The minimum atomic E-state index is -0.367. The fraction of sp³-hybridized carbons (Fsp3) is 0.300. The van der Waals surface area contributed by atoms with Gasteiger partial charge in [-0.2, -0.15) is 0 Å². The Hall–Kier alpha value is -1.95. The Labute approximate surface area is 92.2 Å². The van der Waals surface area contributed by atoms with Gasteiger partial charge in [0, 0.05) is 19.3 Å². The zero-order chi connectivity index (χ0) is 12.0. The van der Waals surface area contributed by atoms with E-state index in [0.717, 1.165) is 6.20 Å². The van der Waals surface area contributed by atoms with Gasteiger partial charge in [-0.3, -0.25) is 9.59 Å². The van der Waals surface area contributed by atoms with Crippen molar-refractivity contribution >= 4 is 5.91 Å². The molecular formula is C10H13N3O3. The van der Waals surface area contributed by atoms with Gasteiger partial charge in [0.25, 0.3) is 11.5 Å². The first-order valence-corrected chi connectivity index (χ1v) is 4.74. The topological polar surface area (TPSA) is 86.3 Å². The fourth-order valence-corrected chi connectivity index (χ4v) is 1.17. The Balaban J connectivity index is 2.84. The van der Waals surface area contributed by atoms with Crippen molar-refractivity contribution in [3.05, 3.63) is 41.1 Å². The normalized spacial score (nSPS) is 9.81. The number of hydrogen-bond donors (Lipinski definition) is 2. The summed E-state index contributed by atoms with van der Waals surface area (Å²) in [7, 11) is 0. The Bertz CT molecular complexity index is 407. The highest BCUT2D eigenvalue weighted by molar-refractivity contribution is 5.92. The highest BCUT2D eigenvalue weighted by Crippen LogP contribution is 1.98. The minimum Gasteiger partial charge on any atom is -0.395 e. The molecule has 0 fully saturated rings. The van der Waals surface area contributed by atoms with Crippen molar-refractivity contribution in [1.82, 2.24) is 14.9 Å². The van der Waals surface area contributed by atoms with Crippen molar-refractivity contribution in [1.29, 1.82) is 0 Å². The summed E-state index contributed by atoms with van der Waals surface area (Å²) in [4.78, 5) is 30.0. The number of aliphatic hydroxyl groups is 1. The van der Waals surface area contributed by atoms with E-state index in [2.05, 4.69) is 16.5 Å². The molecule has 0 aliphatic rings. The number of nitrogens with one attached hydrogen (secondary N) is 1. The number of nitrogens with zero attached hydrogens (tertiary/aromatic N) is 2. The van der Waals surface area contributed by atoms with Crippen molar-refractivity contribution in [2.24, 2.45) is 0 Å². The molecule has 0 spiro atoms. The molecule has 16 heavy (non-hydrogen) atoms. The number of H-pyrrole nitrogens is 1. The van der Waals surface area contributed by atoms with Crippen LogP contribution in [0.1, 0.15) is 10.5 Å². The average molecular weight is 223 g/mol. The van der Waals surface area contributed by atoms with Crippen LogP contribution < -0.4 is 5.56 Å². The van der Waals surface area contributed by atoms with Gasteiger partial charge in [-0.1, -0.05) is 6.08 Å². The zero-order valence-electron chi connectivity index (χ0n) is 8.72. The van der Waals surface area contributed by atoms with Gasteiger partial charge in [0.2, 0.25) is 0 Å². The first-order valence-electron chi connectivity index (χ1n) is 4.74. The number of amides is 1. The SMILES string of the molecule is C=CCN(CCO)C(=O)c1c[nH]c(=O)cn1. The van der Waals surface area contributed by atoms with Crippen LogP contribution in [0.4, 0.5) is 0 Å². The van der Waals surface area contributed by atoms with Crippen LogP contribution in [-0.2, 0) is 0 Å². The molecule has 6 heteroatoms. The van der Waals surface area contributed by atoms with Crippen LogP contribution in [0.15, 0.2) is 29.8 Å². The van der Waals surface area contributed by atoms with E-state index in [1.54, 1.807) is 6.08 Å². The number of carbonyl (C=O) groups excluding carboxylic acids is 1. The maximum Gasteiger partial charge on any atom is 0.274 e. The molecule has 1 amide bonds. The van der Waals surface area contributed by atoms with Crippen LogP contribution in [0.5, 0.6) is 0 Å². The van der Waals surface area contributed by atoms with E-state index in [9.17, 15) is 9.59 Å². The number of rotatable bonds is 5. The third-order valence-electron chi connectivity index (χ3n) is 1.90. The fourth-order valence-electron chi connectivity index (χ4n) is 1.17. The molecule has 0 aliphatic heterocycles. The summed E-state index contributed by atoms with van der Waals surface area (Å²) in [6, 6.07) is 0. The molecule has 86 valence electrons. The van der Waals surface area contributed by atoms with Crippen molar-refractivity contribution in [2.45, 2.75) is 0 Å². The quantitative estimate of drug-likeness (QED) is 0.652. The van der Waals surface area contributed by atoms with Gasteiger partial charge in [0.05, 0.1) is 12.8 Å². The molecule has 0 atom stereocenters. The number of aromatic amines is 1. The number of hydrogen-bond acceptors (Lipinski definition) is 4. The lowest BCUT2D eigenvalue weighted by Crippen LogP contribution is -2.34. The van der Waals surface area contributed by atoms with Crippen molar-refractivity contribution < 1.29 is 9.90 Å². The van der Waals surface area contributed by atoms with E-state index >= 15 is 0 Å². The summed E-state index contributed by atoms with van der Waals surface area (Å²) >= 11 is 0. The standard InChI is InChI=1S/C10H13N3O3/c1-2-3-13(4-5-14)10(16)8-6-12-9(15)7-11-8/h2,6-7,14H,1,3-5H2,(H,12,15). The van der Waals surface area contributed by atoms with Gasteiger partial charge in [0.15, 0.2) is 0 Å². The average Bonchev–Trinajstić information content (AvgIpc) is 2.29. The molecule has 1 heterocycles. The molecule has 0 saturated carbocycles. The first-order chi connectivity index (χ1) is 7.69. The summed E-state index contributed by atoms with van der Waals surface area (Å²) in [5.41, 5.74) is -0.233. The number of carbonyl (C=O) groups is 1. The second-order valence-corrected chi connectivity index (χ2v) is 3.06. The van der Waals surface area contributed by atoms with Crippen LogP contribution in [0, 0.1) is 0 Å². The Morgan fingerprint density at radius 1 is 1.69 bits per heavy atom. The summed E-state index contributed by atoms with van der Waals surface area (Å²) in [6.07, 6.45) is 3.84. The lowest BCUT2D eigenvalue weighted by molar-refractivity contribution is 0.0736. The molecule has 2 N–H and O–H groups in total. The lowest BCUT2D eigenvalue weighted by atomic mass is 10.3. The molecule has 1 rings (SSSR count). The zero-order valence-corrected chi connectivity index (χ0v) is 8.72. The van der Waals surface area contributed by atoms with Crippen LogP contribution in [0.2, 0.25) is 0 Å². The number of aliphatic hydroxyl groups excluding tert-OH is 1. The van der Waals surface area contributed by atoms with Gasteiger partial charge < -0.3 is 15.0 Å². The highest BCUT2D eigenvalue weighted by atomic mass is 16.3. The second kappa shape index (κ2) is 5.82. The summed E-state index contributed by atoms with van der Waals surface area (Å²) in [5.74, 6) is -0.356. The highest BCUT2D eigenvalue weighted by Gasteiger charge is 2.15. The van der Waals surface area contributed by atoms with Crippen LogP contribution in [0.3, 0.4) is 0 Å². The smallest absolute Gasteiger partial charge is 0.274 e. The third-order valence-corrected chi connectivity index (χ3v) is 1.90. The predicted octanol–water partition coefficient (Wildman–Crippen LogP) is -0.610. The summed E-state index contributed by atoms with van der Waals surface area (Å²) < 4.78 is 0. The van der Waals surface area contributed by atoms with Crippen molar-refractivity contribution in [2.75, 3.05) is 19.7 Å². The van der Waals surface area contributed by atoms with Crippen molar-refractivity contribution in [3.63, 3.8) is 0 Å². The van der Waals surface area contributed by atoms with E-state index < -0.39 is 0 Å². The molecule has 0 bridgehead atoms. The van der Waals surface area contributed by atoms with Gasteiger partial charge in [0.1, 0.15) is 5.69 Å². The van der Waals surface area contributed by atoms with E-state index in [4.69, 9.17) is 5.11 Å². The lowest BCUT2D eigenvalue weighted by Gasteiger charge is -2.18. The Morgan fingerprint density at radius 3 is 2.94 bits per heavy atom. The molecular weight excluding hydrogens is 210 g/mol. The van der Waals surface area contributed by atoms with Crippen LogP contribution >= 0.6 is 0 Å². The molecule has 6 nitrogen and oxygen atoms in total. The molecule has 0 aliphatic carbocycles. The van der Waals surface area contributed by atoms with Gasteiger partial charge in [-0.05, 0) is 0 Å². The second-order valence-electron chi connectivity index (χ2n) is 3.06. The van der Waals surface area contributed by atoms with Gasteiger partial charge >= 0.3 is 0 Å². The molecule has 0 aromatic carbocycles. The van der Waals surface area contributed by atoms with Crippen LogP contribution in [0.25, 0.3) is 0 Å². The van der Waals surface area contributed by atoms with E-state index in [-0.39, 0.29) is 30.3 Å². The summed E-state index contributed by atoms with van der Waals surface area (Å²) in [6.45, 7) is 3.90. The first kappa shape index (κ1) is 12.1. The maximum absolute atomic E-state index is 11.8. The van der Waals surface area contributed by atoms with Crippen LogP contribution in [-0.4, -0.2) is 45.6 Å². The third kappa shape index (κ3) is 3.03. The van der Waals surface area contributed by atoms with Crippen molar-refractivity contribution in [3.8, 4) is 0 Å². The van der Waals surface area contributed by atoms with E-state index in [1.807, 2.05) is 0 Å². The van der Waals surface area contributed by atoms with E-state index in [1.165, 1.54) is 11.1 Å². The minimum absolute atomic E-state index is 0.134. The van der Waals surface area contributed by atoms with E-state index in [0.29, 0.717) is 6.54 Å². The Morgan fingerprint density at radius 2 is 2.44 bits per heavy atom.